The molecule has 39 heavy (non-hydrogen) atoms. The quantitative estimate of drug-likeness (QED) is 0.295. The number of carboxylic acid groups (broad SMARTS) is 1. The third kappa shape index (κ3) is 6.15. The van der Waals surface area contributed by atoms with Gasteiger partial charge in [-0.2, -0.15) is 0 Å². The normalized spacial score (nSPS) is 11.8. The highest BCUT2D eigenvalue weighted by molar-refractivity contribution is 5.86. The van der Waals surface area contributed by atoms with Crippen LogP contribution in [0.25, 0.3) is 11.1 Å². The molecule has 2 N–H and O–H groups in total. The molecule has 1 aliphatic carbocycles. The number of nitrogens with one attached hydrogen (secondary N) is 1. The van der Waals surface area contributed by atoms with Crippen molar-refractivity contribution >= 4 is 23.7 Å². The molecule has 7 heteroatoms. The molecular weight excluding hydrogens is 492 g/mol. The van der Waals surface area contributed by atoms with Gasteiger partial charge in [-0.25, -0.2) is 4.79 Å². The summed E-state index contributed by atoms with van der Waals surface area (Å²) in [5.41, 5.74) is 6.57. The van der Waals surface area contributed by atoms with Crippen LogP contribution in [0.3, 0.4) is 0 Å². The van der Waals surface area contributed by atoms with Crippen molar-refractivity contribution in [2.75, 3.05) is 18.5 Å². The van der Waals surface area contributed by atoms with Crippen LogP contribution in [0, 0.1) is 0 Å². The van der Waals surface area contributed by atoms with Gasteiger partial charge in [0, 0.05) is 18.2 Å². The van der Waals surface area contributed by atoms with Gasteiger partial charge >= 0.3 is 12.1 Å². The summed E-state index contributed by atoms with van der Waals surface area (Å²) in [6, 6.07) is 32.4. The van der Waals surface area contributed by atoms with Crippen LogP contribution in [-0.2, 0) is 27.3 Å². The SMILES string of the molecule is O=C(O)CN(Cc1ccccc1)C(=O)Cc1cccc(NC(=O)OCC2c3ccccc3-c3ccccc32)c1. The number of benzene rings is 4. The van der Waals surface area contributed by atoms with Crippen molar-refractivity contribution < 1.29 is 24.2 Å². The van der Waals surface area contributed by atoms with E-state index in [4.69, 9.17) is 4.74 Å². The number of carboxylic acids is 1. The van der Waals surface area contributed by atoms with E-state index in [0.29, 0.717) is 11.3 Å². The number of carbonyl (C=O) groups excluding carboxylic acids is 2. The first-order valence-electron chi connectivity index (χ1n) is 12.7. The molecule has 4 aromatic carbocycles. The Morgan fingerprint density at radius 2 is 1.38 bits per heavy atom. The van der Waals surface area contributed by atoms with Gasteiger partial charge < -0.3 is 14.7 Å². The highest BCUT2D eigenvalue weighted by atomic mass is 16.5. The number of anilines is 1. The fraction of sp³-hybridized carbons (Fsp3) is 0.156. The Bertz CT molecular complexity index is 1460. The maximum Gasteiger partial charge on any atom is 0.411 e. The van der Waals surface area contributed by atoms with Gasteiger partial charge in [0.15, 0.2) is 0 Å². The van der Waals surface area contributed by atoms with Crippen molar-refractivity contribution in [1.29, 1.82) is 0 Å². The monoisotopic (exact) mass is 520 g/mol. The number of ether oxygens (including phenoxy) is 1. The molecule has 0 radical (unpaired) electrons. The van der Waals surface area contributed by atoms with E-state index in [1.165, 1.54) is 4.90 Å². The van der Waals surface area contributed by atoms with Gasteiger partial charge in [0.05, 0.1) is 6.42 Å². The second-order valence-electron chi connectivity index (χ2n) is 9.46. The highest BCUT2D eigenvalue weighted by Gasteiger charge is 2.29. The van der Waals surface area contributed by atoms with Crippen LogP contribution < -0.4 is 5.32 Å². The maximum absolute atomic E-state index is 13.0. The molecule has 0 bridgehead atoms. The summed E-state index contributed by atoms with van der Waals surface area (Å²) in [5.74, 6) is -1.44. The Labute approximate surface area is 226 Å². The summed E-state index contributed by atoms with van der Waals surface area (Å²) in [6.07, 6.45) is -0.586. The molecule has 2 amide bonds. The van der Waals surface area contributed by atoms with Crippen molar-refractivity contribution in [2.45, 2.75) is 18.9 Å². The minimum atomic E-state index is -1.08. The maximum atomic E-state index is 13.0. The molecular formula is C32H28N2O5. The zero-order valence-electron chi connectivity index (χ0n) is 21.2. The molecule has 1 aliphatic rings. The fourth-order valence-electron chi connectivity index (χ4n) is 5.00. The number of carbonyl (C=O) groups is 3. The van der Waals surface area contributed by atoms with E-state index in [9.17, 15) is 19.5 Å². The largest absolute Gasteiger partial charge is 0.480 e. The van der Waals surface area contributed by atoms with Crippen molar-refractivity contribution in [3.63, 3.8) is 0 Å². The van der Waals surface area contributed by atoms with Crippen molar-refractivity contribution in [3.05, 3.63) is 125 Å². The Kier molecular flexibility index (Phi) is 7.68. The third-order valence-corrected chi connectivity index (χ3v) is 6.77. The van der Waals surface area contributed by atoms with Gasteiger partial charge in [-0.1, -0.05) is 91.0 Å². The van der Waals surface area contributed by atoms with Crippen molar-refractivity contribution in [2.24, 2.45) is 0 Å². The van der Waals surface area contributed by atoms with Crippen LogP contribution in [0.4, 0.5) is 10.5 Å². The molecule has 196 valence electrons. The van der Waals surface area contributed by atoms with Crippen LogP contribution in [-0.4, -0.2) is 41.1 Å². The van der Waals surface area contributed by atoms with Crippen LogP contribution in [0.15, 0.2) is 103 Å². The smallest absolute Gasteiger partial charge is 0.411 e. The Balaban J connectivity index is 1.21. The molecule has 0 aliphatic heterocycles. The van der Waals surface area contributed by atoms with Crippen LogP contribution >= 0.6 is 0 Å². The number of aliphatic carboxylic acids is 1. The minimum absolute atomic E-state index is 0.000321. The predicted octanol–water partition coefficient (Wildman–Crippen LogP) is 5.70. The van der Waals surface area contributed by atoms with Gasteiger partial charge in [0.2, 0.25) is 5.91 Å². The Morgan fingerprint density at radius 3 is 2.05 bits per heavy atom. The first kappa shape index (κ1) is 25.7. The summed E-state index contributed by atoms with van der Waals surface area (Å²) in [7, 11) is 0. The van der Waals surface area contributed by atoms with E-state index in [1.807, 2.05) is 54.6 Å². The second-order valence-corrected chi connectivity index (χ2v) is 9.46. The lowest BCUT2D eigenvalue weighted by atomic mass is 9.98. The van der Waals surface area contributed by atoms with E-state index in [2.05, 4.69) is 29.6 Å². The van der Waals surface area contributed by atoms with Gasteiger partial charge in [-0.15, -0.1) is 0 Å². The average molecular weight is 521 g/mol. The average Bonchev–Trinajstić information content (AvgIpc) is 3.26. The molecule has 0 fully saturated rings. The van der Waals surface area contributed by atoms with E-state index >= 15 is 0 Å². The third-order valence-electron chi connectivity index (χ3n) is 6.77. The summed E-state index contributed by atoms with van der Waals surface area (Å²) in [4.78, 5) is 38.4. The van der Waals surface area contributed by atoms with E-state index in [1.54, 1.807) is 24.3 Å². The molecule has 0 saturated heterocycles. The number of fused-ring (bicyclic) bond motifs is 3. The van der Waals surface area contributed by atoms with Gasteiger partial charge in [0.1, 0.15) is 13.2 Å². The number of nitrogens with zero attached hydrogens (tertiary/aromatic N) is 1. The van der Waals surface area contributed by atoms with E-state index < -0.39 is 18.6 Å². The lowest BCUT2D eigenvalue weighted by Gasteiger charge is -2.21. The molecule has 0 saturated carbocycles. The zero-order chi connectivity index (χ0) is 27.2. The zero-order valence-corrected chi connectivity index (χ0v) is 21.2. The molecule has 0 unspecified atom stereocenters. The number of hydrogen-bond acceptors (Lipinski definition) is 4. The van der Waals surface area contributed by atoms with E-state index in [-0.39, 0.29) is 31.4 Å². The standard InChI is InChI=1S/C32H28N2O5/c35-30(34(20-31(36)37)19-22-9-2-1-3-10-22)18-23-11-8-12-24(17-23)33-32(38)39-21-29-27-15-6-4-13-25(27)26-14-5-7-16-28(26)29/h1-17,29H,18-21H2,(H,33,38)(H,36,37). The minimum Gasteiger partial charge on any atom is -0.480 e. The lowest BCUT2D eigenvalue weighted by molar-refractivity contribution is -0.144. The highest BCUT2D eigenvalue weighted by Crippen LogP contribution is 2.44. The molecule has 4 aromatic rings. The Morgan fingerprint density at radius 1 is 0.769 bits per heavy atom. The summed E-state index contributed by atoms with van der Waals surface area (Å²) < 4.78 is 5.62. The fourth-order valence-corrected chi connectivity index (χ4v) is 5.00. The van der Waals surface area contributed by atoms with Crippen LogP contribution in [0.1, 0.15) is 28.2 Å². The molecule has 0 spiro atoms. The van der Waals surface area contributed by atoms with Gasteiger partial charge in [-0.3, -0.25) is 14.9 Å². The lowest BCUT2D eigenvalue weighted by Crippen LogP contribution is -2.36. The van der Waals surface area contributed by atoms with Crippen LogP contribution in [0.5, 0.6) is 0 Å². The Hall–Kier alpha value is -4.91. The topological polar surface area (TPSA) is 95.9 Å². The van der Waals surface area contributed by atoms with Crippen molar-refractivity contribution in [3.8, 4) is 11.1 Å². The molecule has 0 aromatic heterocycles. The van der Waals surface area contributed by atoms with Crippen molar-refractivity contribution in [1.82, 2.24) is 4.90 Å². The summed E-state index contributed by atoms with van der Waals surface area (Å²) in [5, 5.41) is 12.1. The van der Waals surface area contributed by atoms with Gasteiger partial charge in [-0.05, 0) is 45.5 Å². The second kappa shape index (κ2) is 11.6. The molecule has 0 atom stereocenters. The summed E-state index contributed by atoms with van der Waals surface area (Å²) >= 11 is 0. The van der Waals surface area contributed by atoms with Crippen LogP contribution in [0.2, 0.25) is 0 Å². The number of hydrogen-bond donors (Lipinski definition) is 2. The molecule has 0 heterocycles. The van der Waals surface area contributed by atoms with Gasteiger partial charge in [0.25, 0.3) is 0 Å². The number of amides is 2. The van der Waals surface area contributed by atoms with E-state index in [0.717, 1.165) is 27.8 Å². The first-order chi connectivity index (χ1) is 19.0. The summed E-state index contributed by atoms with van der Waals surface area (Å²) in [6.45, 7) is -0.00322. The molecule has 7 nitrogen and oxygen atoms in total. The predicted molar refractivity (Wildman–Crippen MR) is 148 cm³/mol. The molecule has 5 rings (SSSR count). The number of rotatable bonds is 9. The first-order valence-corrected chi connectivity index (χ1v) is 12.7.